The van der Waals surface area contributed by atoms with Crippen LogP contribution in [0.2, 0.25) is 0 Å². The summed E-state index contributed by atoms with van der Waals surface area (Å²) in [6, 6.07) is 10.3. The number of carbonyl (C=O) groups is 2. The van der Waals surface area contributed by atoms with Gasteiger partial charge >= 0.3 is 0 Å². The number of nitrogens with zero attached hydrogens (tertiary/aromatic N) is 2. The highest BCUT2D eigenvalue weighted by atomic mass is 32.2. The van der Waals surface area contributed by atoms with Gasteiger partial charge in [0, 0.05) is 36.3 Å². The number of hydrogen-bond donors (Lipinski definition) is 2. The van der Waals surface area contributed by atoms with Gasteiger partial charge in [-0.3, -0.25) is 30.6 Å². The second-order valence-electron chi connectivity index (χ2n) is 6.26. The molecule has 0 aliphatic carbocycles. The molecule has 0 unspecified atom stereocenters. The molecular weight excluding hydrogens is 416 g/mol. The van der Waals surface area contributed by atoms with Crippen LogP contribution in [-0.4, -0.2) is 55.8 Å². The summed E-state index contributed by atoms with van der Waals surface area (Å²) in [5.74, 6) is -1.40. The highest BCUT2D eigenvalue weighted by Gasteiger charge is 2.27. The van der Waals surface area contributed by atoms with Crippen LogP contribution in [0.1, 0.15) is 20.7 Å². The van der Waals surface area contributed by atoms with Gasteiger partial charge in [-0.25, -0.2) is 8.42 Å². The van der Waals surface area contributed by atoms with Crippen molar-refractivity contribution in [2.75, 3.05) is 26.3 Å². The molecule has 2 amide bonds. The van der Waals surface area contributed by atoms with Crippen molar-refractivity contribution in [2.24, 2.45) is 0 Å². The van der Waals surface area contributed by atoms with E-state index in [-0.39, 0.29) is 34.8 Å². The van der Waals surface area contributed by atoms with Gasteiger partial charge < -0.3 is 4.74 Å². The monoisotopic (exact) mass is 434 g/mol. The van der Waals surface area contributed by atoms with E-state index in [1.54, 1.807) is 0 Å². The number of amides is 2. The van der Waals surface area contributed by atoms with Crippen molar-refractivity contribution in [3.63, 3.8) is 0 Å². The second kappa shape index (κ2) is 8.98. The fraction of sp³-hybridized carbons (Fsp3) is 0.222. The van der Waals surface area contributed by atoms with Crippen molar-refractivity contribution in [1.82, 2.24) is 15.2 Å². The number of ether oxygens (including phenoxy) is 1. The number of sulfonamides is 1. The van der Waals surface area contributed by atoms with E-state index in [4.69, 9.17) is 4.74 Å². The van der Waals surface area contributed by atoms with Gasteiger partial charge in [-0.2, -0.15) is 4.31 Å². The van der Waals surface area contributed by atoms with Crippen molar-refractivity contribution < 1.29 is 27.7 Å². The minimum Gasteiger partial charge on any atom is -0.379 e. The second-order valence-corrected chi connectivity index (χ2v) is 8.19. The summed E-state index contributed by atoms with van der Waals surface area (Å²) in [7, 11) is -3.77. The molecule has 1 saturated heterocycles. The van der Waals surface area contributed by atoms with Gasteiger partial charge in [0.05, 0.1) is 23.0 Å². The molecule has 2 N–H and O–H groups in total. The average Bonchev–Trinajstić information content (AvgIpc) is 2.78. The molecule has 30 heavy (non-hydrogen) atoms. The summed E-state index contributed by atoms with van der Waals surface area (Å²) in [6.07, 6.45) is 0. The van der Waals surface area contributed by atoms with Crippen molar-refractivity contribution in [3.05, 3.63) is 69.8 Å². The zero-order chi connectivity index (χ0) is 21.7. The van der Waals surface area contributed by atoms with Gasteiger partial charge in [-0.1, -0.05) is 6.07 Å². The van der Waals surface area contributed by atoms with Gasteiger partial charge in [0.2, 0.25) is 10.0 Å². The van der Waals surface area contributed by atoms with E-state index in [2.05, 4.69) is 10.9 Å². The molecule has 1 fully saturated rings. The molecule has 1 aliphatic rings. The molecule has 2 aromatic rings. The number of nitro groups is 1. The Bertz CT molecular complexity index is 1060. The molecule has 0 bridgehead atoms. The topological polar surface area (TPSA) is 148 Å². The molecule has 3 rings (SSSR count). The zero-order valence-corrected chi connectivity index (χ0v) is 16.4. The predicted octanol–water partition coefficient (Wildman–Crippen LogP) is 0.691. The van der Waals surface area contributed by atoms with Gasteiger partial charge in [-0.15, -0.1) is 0 Å². The molecule has 2 aromatic carbocycles. The Hall–Kier alpha value is -3.35. The predicted molar refractivity (Wildman–Crippen MR) is 104 cm³/mol. The largest absolute Gasteiger partial charge is 0.379 e. The van der Waals surface area contributed by atoms with Crippen LogP contribution in [0.3, 0.4) is 0 Å². The lowest BCUT2D eigenvalue weighted by molar-refractivity contribution is -0.384. The number of benzene rings is 2. The van der Waals surface area contributed by atoms with Gasteiger partial charge in [0.15, 0.2) is 0 Å². The van der Waals surface area contributed by atoms with Gasteiger partial charge in [0.25, 0.3) is 17.5 Å². The number of rotatable bonds is 5. The summed E-state index contributed by atoms with van der Waals surface area (Å²) in [5, 5.41) is 10.6. The Morgan fingerprint density at radius 2 is 1.57 bits per heavy atom. The zero-order valence-electron chi connectivity index (χ0n) is 15.6. The summed E-state index contributed by atoms with van der Waals surface area (Å²) in [4.78, 5) is 34.4. The number of hydrogen-bond acceptors (Lipinski definition) is 7. The van der Waals surface area contributed by atoms with E-state index < -0.39 is 26.8 Å². The van der Waals surface area contributed by atoms with Crippen molar-refractivity contribution in [2.45, 2.75) is 4.90 Å². The first-order valence-corrected chi connectivity index (χ1v) is 10.3. The minimum atomic E-state index is -3.77. The van der Waals surface area contributed by atoms with E-state index in [0.717, 1.165) is 12.1 Å². The quantitative estimate of drug-likeness (QED) is 0.519. The number of hydrazine groups is 1. The standard InChI is InChI=1S/C18H18N4O7S/c23-17(13-4-6-15(7-5-13)22(25)26)19-20-18(24)14-2-1-3-16(12-14)30(27,28)21-8-10-29-11-9-21/h1-7,12H,8-11H2,(H,19,23)(H,20,24). The van der Waals surface area contributed by atoms with Crippen LogP contribution in [0, 0.1) is 10.1 Å². The summed E-state index contributed by atoms with van der Waals surface area (Å²) in [6.45, 7) is 1.05. The number of nitro benzene ring substituents is 1. The molecule has 1 heterocycles. The third-order valence-electron chi connectivity index (χ3n) is 4.33. The van der Waals surface area contributed by atoms with E-state index in [9.17, 15) is 28.1 Å². The van der Waals surface area contributed by atoms with Crippen LogP contribution in [0.5, 0.6) is 0 Å². The van der Waals surface area contributed by atoms with Crippen LogP contribution in [0.15, 0.2) is 53.4 Å². The van der Waals surface area contributed by atoms with Crippen LogP contribution in [-0.2, 0) is 14.8 Å². The number of morpholine rings is 1. The van der Waals surface area contributed by atoms with E-state index in [1.165, 1.54) is 40.7 Å². The Kier molecular flexibility index (Phi) is 6.40. The Labute approximate surface area is 171 Å². The smallest absolute Gasteiger partial charge is 0.269 e. The lowest BCUT2D eigenvalue weighted by Crippen LogP contribution is -2.42. The Morgan fingerprint density at radius 3 is 2.17 bits per heavy atom. The lowest BCUT2D eigenvalue weighted by Gasteiger charge is -2.26. The van der Waals surface area contributed by atoms with Crippen molar-refractivity contribution in [3.8, 4) is 0 Å². The minimum absolute atomic E-state index is 0.0355. The highest BCUT2D eigenvalue weighted by molar-refractivity contribution is 7.89. The SMILES string of the molecule is O=C(NNC(=O)c1cccc(S(=O)(=O)N2CCOCC2)c1)c1ccc([N+](=O)[O-])cc1. The van der Waals surface area contributed by atoms with Gasteiger partial charge in [-0.05, 0) is 30.3 Å². The van der Waals surface area contributed by atoms with Gasteiger partial charge in [0.1, 0.15) is 0 Å². The first-order chi connectivity index (χ1) is 14.3. The van der Waals surface area contributed by atoms with Crippen LogP contribution < -0.4 is 10.9 Å². The molecule has 12 heteroatoms. The fourth-order valence-corrected chi connectivity index (χ4v) is 4.18. The van der Waals surface area contributed by atoms with Crippen LogP contribution >= 0.6 is 0 Å². The molecule has 0 aromatic heterocycles. The Morgan fingerprint density at radius 1 is 0.967 bits per heavy atom. The maximum Gasteiger partial charge on any atom is 0.269 e. The molecular formula is C18H18N4O7S. The maximum atomic E-state index is 12.7. The Balaban J connectivity index is 1.66. The molecule has 11 nitrogen and oxygen atoms in total. The average molecular weight is 434 g/mol. The third kappa shape index (κ3) is 4.79. The normalized spacial score (nSPS) is 14.7. The first-order valence-electron chi connectivity index (χ1n) is 8.82. The lowest BCUT2D eigenvalue weighted by atomic mass is 10.2. The van der Waals surface area contributed by atoms with E-state index in [0.29, 0.717) is 13.2 Å². The van der Waals surface area contributed by atoms with E-state index in [1.807, 2.05) is 0 Å². The van der Waals surface area contributed by atoms with E-state index >= 15 is 0 Å². The number of carbonyl (C=O) groups excluding carboxylic acids is 2. The maximum absolute atomic E-state index is 12.7. The highest BCUT2D eigenvalue weighted by Crippen LogP contribution is 2.18. The molecule has 0 spiro atoms. The molecule has 0 radical (unpaired) electrons. The summed E-state index contributed by atoms with van der Waals surface area (Å²) in [5.41, 5.74) is 4.34. The first kappa shape index (κ1) is 21.4. The molecule has 0 saturated carbocycles. The molecule has 1 aliphatic heterocycles. The molecule has 0 atom stereocenters. The number of nitrogens with one attached hydrogen (secondary N) is 2. The van der Waals surface area contributed by atoms with Crippen LogP contribution in [0.4, 0.5) is 5.69 Å². The molecule has 158 valence electrons. The number of non-ortho nitro benzene ring substituents is 1. The van der Waals surface area contributed by atoms with Crippen molar-refractivity contribution >= 4 is 27.5 Å². The summed E-state index contributed by atoms with van der Waals surface area (Å²) >= 11 is 0. The van der Waals surface area contributed by atoms with Crippen LogP contribution in [0.25, 0.3) is 0 Å². The summed E-state index contributed by atoms with van der Waals surface area (Å²) < 4.78 is 31.9. The third-order valence-corrected chi connectivity index (χ3v) is 6.23. The van der Waals surface area contributed by atoms with Crippen molar-refractivity contribution in [1.29, 1.82) is 0 Å². The fourth-order valence-electron chi connectivity index (χ4n) is 2.73.